The van der Waals surface area contributed by atoms with Crippen LogP contribution in [0.4, 0.5) is 0 Å². The van der Waals surface area contributed by atoms with Crippen LogP contribution in [-0.4, -0.2) is 47.4 Å². The Hall–Kier alpha value is -2.18. The van der Waals surface area contributed by atoms with Gasteiger partial charge in [0, 0.05) is 12.8 Å². The highest BCUT2D eigenvalue weighted by atomic mass is 16.5. The largest absolute Gasteiger partial charge is 0.466 e. The number of allylic oxidation sites excluding steroid dienone is 7. The van der Waals surface area contributed by atoms with Gasteiger partial charge in [-0.1, -0.05) is 255 Å². The second-order valence-corrected chi connectivity index (χ2v) is 20.3. The standard InChI is InChI=1S/C62H115NO5/c1-3-5-7-9-11-13-15-17-27-32-36-40-44-48-52-56-62(67)68-57-53-49-45-41-37-33-29-26-24-22-20-18-19-21-23-25-28-31-35-39-43-47-51-55-61(66)63-59(58-64)60(65)54-50-46-42-38-34-30-16-14-12-10-8-6-4-2/h11,13,17,21,23,27,50,54,59-60,64-65H,3-10,12,14-16,18-20,22,24-26,28-49,51-53,55-58H2,1-2H3,(H,63,66)/b13-11-,23-21-,27-17-,54-50+. The number of rotatable bonds is 55. The predicted octanol–water partition coefficient (Wildman–Crippen LogP) is 18.6. The highest BCUT2D eigenvalue weighted by molar-refractivity contribution is 5.76. The summed E-state index contributed by atoms with van der Waals surface area (Å²) >= 11 is 0. The Balaban J connectivity index is 3.43. The fourth-order valence-corrected chi connectivity index (χ4v) is 8.95. The lowest BCUT2D eigenvalue weighted by Gasteiger charge is -2.20. The molecular weight excluding hydrogens is 839 g/mol. The molecule has 2 atom stereocenters. The summed E-state index contributed by atoms with van der Waals surface area (Å²) in [5, 5.41) is 23.1. The van der Waals surface area contributed by atoms with E-state index in [1.807, 2.05) is 6.08 Å². The third-order valence-corrected chi connectivity index (χ3v) is 13.6. The molecule has 0 bridgehead atoms. The number of carbonyl (C=O) groups excluding carboxylic acids is 2. The van der Waals surface area contributed by atoms with E-state index in [0.717, 1.165) is 57.8 Å². The average Bonchev–Trinajstić information content (AvgIpc) is 3.34. The van der Waals surface area contributed by atoms with E-state index in [2.05, 4.69) is 55.6 Å². The van der Waals surface area contributed by atoms with Crippen LogP contribution < -0.4 is 5.32 Å². The maximum Gasteiger partial charge on any atom is 0.305 e. The van der Waals surface area contributed by atoms with Crippen molar-refractivity contribution in [1.82, 2.24) is 5.32 Å². The lowest BCUT2D eigenvalue weighted by molar-refractivity contribution is -0.143. The average molecular weight is 955 g/mol. The Bertz CT molecular complexity index is 1150. The van der Waals surface area contributed by atoms with Crippen LogP contribution in [0.2, 0.25) is 0 Å². The van der Waals surface area contributed by atoms with Gasteiger partial charge < -0.3 is 20.3 Å². The van der Waals surface area contributed by atoms with Gasteiger partial charge in [-0.2, -0.15) is 0 Å². The molecule has 0 aromatic rings. The highest BCUT2D eigenvalue weighted by Gasteiger charge is 2.18. The number of unbranched alkanes of at least 4 members (excludes halogenated alkanes) is 38. The summed E-state index contributed by atoms with van der Waals surface area (Å²) < 4.78 is 5.47. The van der Waals surface area contributed by atoms with Gasteiger partial charge in [0.1, 0.15) is 0 Å². The molecule has 1 amide bonds. The molecule has 0 aliphatic heterocycles. The van der Waals surface area contributed by atoms with E-state index >= 15 is 0 Å². The maximum atomic E-state index is 12.4. The van der Waals surface area contributed by atoms with Gasteiger partial charge in [-0.25, -0.2) is 0 Å². The monoisotopic (exact) mass is 954 g/mol. The van der Waals surface area contributed by atoms with Crippen LogP contribution in [0.25, 0.3) is 0 Å². The minimum Gasteiger partial charge on any atom is -0.466 e. The fourth-order valence-electron chi connectivity index (χ4n) is 8.95. The Morgan fingerprint density at radius 1 is 0.412 bits per heavy atom. The molecule has 0 rings (SSSR count). The fraction of sp³-hybridized carbons (Fsp3) is 0.839. The molecule has 68 heavy (non-hydrogen) atoms. The van der Waals surface area contributed by atoms with E-state index in [0.29, 0.717) is 19.4 Å². The quantitative estimate of drug-likeness (QED) is 0.0321. The van der Waals surface area contributed by atoms with Gasteiger partial charge in [0.2, 0.25) is 5.91 Å². The third kappa shape index (κ3) is 53.2. The van der Waals surface area contributed by atoms with Gasteiger partial charge in [-0.05, 0) is 89.9 Å². The molecule has 0 spiro atoms. The van der Waals surface area contributed by atoms with E-state index in [1.54, 1.807) is 6.08 Å². The molecule has 0 fully saturated rings. The topological polar surface area (TPSA) is 95.9 Å². The van der Waals surface area contributed by atoms with Crippen LogP contribution in [0.3, 0.4) is 0 Å². The first-order chi connectivity index (χ1) is 33.5. The molecule has 0 aromatic heterocycles. The Kier molecular flexibility index (Phi) is 55.6. The van der Waals surface area contributed by atoms with Crippen molar-refractivity contribution in [2.75, 3.05) is 13.2 Å². The first-order valence-corrected chi connectivity index (χ1v) is 29.9. The van der Waals surface area contributed by atoms with E-state index in [1.165, 1.54) is 225 Å². The number of amides is 1. The molecule has 0 aromatic carbocycles. The van der Waals surface area contributed by atoms with Gasteiger partial charge in [-0.15, -0.1) is 0 Å². The zero-order valence-electron chi connectivity index (χ0n) is 45.3. The third-order valence-electron chi connectivity index (χ3n) is 13.6. The second-order valence-electron chi connectivity index (χ2n) is 20.3. The van der Waals surface area contributed by atoms with Crippen molar-refractivity contribution in [3.8, 4) is 0 Å². The van der Waals surface area contributed by atoms with Crippen molar-refractivity contribution >= 4 is 11.9 Å². The van der Waals surface area contributed by atoms with Crippen LogP contribution in [0.1, 0.15) is 309 Å². The smallest absolute Gasteiger partial charge is 0.305 e. The minimum absolute atomic E-state index is 0.00356. The van der Waals surface area contributed by atoms with E-state index in [4.69, 9.17) is 4.74 Å². The summed E-state index contributed by atoms with van der Waals surface area (Å²) in [7, 11) is 0. The molecule has 0 radical (unpaired) electrons. The number of carbonyl (C=O) groups is 2. The van der Waals surface area contributed by atoms with Crippen LogP contribution in [0.15, 0.2) is 48.6 Å². The molecule has 3 N–H and O–H groups in total. The van der Waals surface area contributed by atoms with Gasteiger partial charge in [-0.3, -0.25) is 9.59 Å². The molecule has 2 unspecified atom stereocenters. The minimum atomic E-state index is -0.848. The highest BCUT2D eigenvalue weighted by Crippen LogP contribution is 2.16. The van der Waals surface area contributed by atoms with E-state index in [-0.39, 0.29) is 18.5 Å². The van der Waals surface area contributed by atoms with Gasteiger partial charge in [0.05, 0.1) is 25.4 Å². The van der Waals surface area contributed by atoms with Gasteiger partial charge in [0.15, 0.2) is 0 Å². The lowest BCUT2D eigenvalue weighted by atomic mass is 10.0. The number of hydrogen-bond donors (Lipinski definition) is 3. The summed E-state index contributed by atoms with van der Waals surface area (Å²) in [6, 6.07) is -0.632. The van der Waals surface area contributed by atoms with Crippen LogP contribution >= 0.6 is 0 Å². The number of nitrogens with one attached hydrogen (secondary N) is 1. The van der Waals surface area contributed by atoms with Crippen molar-refractivity contribution in [3.63, 3.8) is 0 Å². The zero-order valence-corrected chi connectivity index (χ0v) is 45.3. The molecule has 6 nitrogen and oxygen atoms in total. The van der Waals surface area contributed by atoms with Crippen molar-refractivity contribution in [2.45, 2.75) is 321 Å². The lowest BCUT2D eigenvalue weighted by Crippen LogP contribution is -2.45. The summed E-state index contributed by atoms with van der Waals surface area (Å²) in [6.07, 6.45) is 72.8. The summed E-state index contributed by atoms with van der Waals surface area (Å²) in [4.78, 5) is 24.5. The molecule has 0 aliphatic carbocycles. The number of esters is 1. The SMILES string of the molecule is CCCCC/C=C\C/C=C\CCCCCCCC(=O)OCCCCCCCCCCCCCC/C=C\CCCCCCCCCC(=O)NC(CO)C(O)/C=C/CCCCCCCCCCCCC. The first kappa shape index (κ1) is 65.8. The first-order valence-electron chi connectivity index (χ1n) is 29.9. The molecular formula is C62H115NO5. The van der Waals surface area contributed by atoms with E-state index in [9.17, 15) is 19.8 Å². The molecule has 0 aliphatic rings. The van der Waals surface area contributed by atoms with Crippen LogP contribution in [0, 0.1) is 0 Å². The molecule has 6 heteroatoms. The summed E-state index contributed by atoms with van der Waals surface area (Å²) in [6.45, 7) is 4.86. The van der Waals surface area contributed by atoms with Crippen molar-refractivity contribution in [1.29, 1.82) is 0 Å². The second kappa shape index (κ2) is 57.4. The van der Waals surface area contributed by atoms with Gasteiger partial charge >= 0.3 is 5.97 Å². The Labute approximate surface area is 423 Å². The number of aliphatic hydroxyl groups is 2. The maximum absolute atomic E-state index is 12.4. The van der Waals surface area contributed by atoms with Crippen molar-refractivity contribution in [3.05, 3.63) is 48.6 Å². The molecule has 0 heterocycles. The summed E-state index contributed by atoms with van der Waals surface area (Å²) in [5.41, 5.74) is 0. The van der Waals surface area contributed by atoms with Crippen LogP contribution in [-0.2, 0) is 14.3 Å². The van der Waals surface area contributed by atoms with Crippen molar-refractivity contribution < 1.29 is 24.5 Å². The Morgan fingerprint density at radius 2 is 0.735 bits per heavy atom. The number of hydrogen-bond acceptors (Lipinski definition) is 5. The number of ether oxygens (including phenoxy) is 1. The molecule has 398 valence electrons. The van der Waals surface area contributed by atoms with E-state index < -0.39 is 12.1 Å². The van der Waals surface area contributed by atoms with Crippen molar-refractivity contribution in [2.24, 2.45) is 0 Å². The molecule has 0 saturated heterocycles. The van der Waals surface area contributed by atoms with Crippen LogP contribution in [0.5, 0.6) is 0 Å². The molecule has 0 saturated carbocycles. The summed E-state index contributed by atoms with van der Waals surface area (Å²) in [5.74, 6) is -0.0786. The zero-order chi connectivity index (χ0) is 49.3. The predicted molar refractivity (Wildman–Crippen MR) is 296 cm³/mol. The normalized spacial score (nSPS) is 12.9. The van der Waals surface area contributed by atoms with Gasteiger partial charge in [0.25, 0.3) is 0 Å². The number of aliphatic hydroxyl groups excluding tert-OH is 2. The Morgan fingerprint density at radius 3 is 1.16 bits per heavy atom.